The van der Waals surface area contributed by atoms with Crippen molar-refractivity contribution in [2.45, 2.75) is 32.4 Å². The fourth-order valence-electron chi connectivity index (χ4n) is 2.70. The first kappa shape index (κ1) is 13.3. The molecule has 1 fully saturated rings. The van der Waals surface area contributed by atoms with E-state index in [4.69, 9.17) is 0 Å². The van der Waals surface area contributed by atoms with Crippen molar-refractivity contribution in [1.82, 2.24) is 5.32 Å². The molecule has 1 saturated carbocycles. The lowest BCUT2D eigenvalue weighted by molar-refractivity contribution is 0.478. The minimum atomic E-state index is -0.157. The van der Waals surface area contributed by atoms with Crippen LogP contribution in [0.15, 0.2) is 48.5 Å². The molecular formula is C18H20FN. The molecule has 1 aliphatic rings. The zero-order chi connectivity index (χ0) is 13.9. The average Bonchev–Trinajstić information content (AvgIpc) is 3.29. The van der Waals surface area contributed by atoms with Crippen molar-refractivity contribution in [2.75, 3.05) is 0 Å². The highest BCUT2D eigenvalue weighted by Crippen LogP contribution is 2.41. The number of halogens is 1. The molecule has 20 heavy (non-hydrogen) atoms. The van der Waals surface area contributed by atoms with Crippen LogP contribution in [0, 0.1) is 18.7 Å². The lowest BCUT2D eigenvalue weighted by Gasteiger charge is -2.19. The van der Waals surface area contributed by atoms with Gasteiger partial charge >= 0.3 is 0 Å². The van der Waals surface area contributed by atoms with E-state index in [0.717, 1.165) is 23.6 Å². The lowest BCUT2D eigenvalue weighted by Crippen LogP contribution is -2.23. The third-order valence-electron chi connectivity index (χ3n) is 4.08. The summed E-state index contributed by atoms with van der Waals surface area (Å²) in [5.74, 6) is 0.571. The highest BCUT2D eigenvalue weighted by molar-refractivity contribution is 5.27. The highest BCUT2D eigenvalue weighted by Gasteiger charge is 2.31. The summed E-state index contributed by atoms with van der Waals surface area (Å²) in [6, 6.07) is 16.0. The molecule has 0 bridgehead atoms. The van der Waals surface area contributed by atoms with Gasteiger partial charge in [-0.2, -0.15) is 0 Å². The Hall–Kier alpha value is -1.67. The molecule has 0 heterocycles. The Kier molecular flexibility index (Phi) is 3.83. The SMILES string of the molecule is Cc1ccc(F)cc1CNC(c1ccccc1)C1CC1. The second kappa shape index (κ2) is 5.76. The molecule has 1 aliphatic carbocycles. The first-order chi connectivity index (χ1) is 9.74. The maximum atomic E-state index is 13.3. The molecule has 0 aromatic heterocycles. The van der Waals surface area contributed by atoms with Crippen molar-refractivity contribution in [3.8, 4) is 0 Å². The van der Waals surface area contributed by atoms with Gasteiger partial charge in [0.2, 0.25) is 0 Å². The topological polar surface area (TPSA) is 12.0 Å². The summed E-state index contributed by atoms with van der Waals surface area (Å²) in [6.07, 6.45) is 2.57. The molecule has 2 aromatic rings. The Bertz CT molecular complexity index is 575. The standard InChI is InChI=1S/C18H20FN/c1-13-7-10-17(19)11-16(13)12-20-18(15-8-9-15)14-5-3-2-4-6-14/h2-7,10-11,15,18,20H,8-9,12H2,1H3. The summed E-state index contributed by atoms with van der Waals surface area (Å²) in [6.45, 7) is 2.75. The van der Waals surface area contributed by atoms with Gasteiger partial charge in [-0.05, 0) is 54.5 Å². The Morgan fingerprint density at radius 3 is 2.60 bits per heavy atom. The Morgan fingerprint density at radius 2 is 1.90 bits per heavy atom. The maximum Gasteiger partial charge on any atom is 0.123 e. The van der Waals surface area contributed by atoms with Gasteiger partial charge in [-0.3, -0.25) is 0 Å². The van der Waals surface area contributed by atoms with Crippen molar-refractivity contribution in [3.05, 3.63) is 71.0 Å². The molecule has 1 nitrogen and oxygen atoms in total. The molecule has 2 heteroatoms. The van der Waals surface area contributed by atoms with E-state index in [-0.39, 0.29) is 5.82 Å². The molecule has 0 aliphatic heterocycles. The van der Waals surface area contributed by atoms with Crippen LogP contribution in [0.25, 0.3) is 0 Å². The number of hydrogen-bond donors (Lipinski definition) is 1. The van der Waals surface area contributed by atoms with E-state index >= 15 is 0 Å². The predicted molar refractivity (Wildman–Crippen MR) is 79.9 cm³/mol. The second-order valence-electron chi connectivity index (χ2n) is 5.68. The zero-order valence-electron chi connectivity index (χ0n) is 11.8. The van der Waals surface area contributed by atoms with Gasteiger partial charge < -0.3 is 5.32 Å². The predicted octanol–water partition coefficient (Wildman–Crippen LogP) is 4.38. The van der Waals surface area contributed by atoms with Crippen LogP contribution in [0.4, 0.5) is 4.39 Å². The largest absolute Gasteiger partial charge is 0.306 e. The molecule has 3 rings (SSSR count). The van der Waals surface area contributed by atoms with Crippen molar-refractivity contribution < 1.29 is 4.39 Å². The van der Waals surface area contributed by atoms with E-state index in [1.54, 1.807) is 6.07 Å². The van der Waals surface area contributed by atoms with Gasteiger partial charge in [-0.1, -0.05) is 36.4 Å². The van der Waals surface area contributed by atoms with Crippen LogP contribution in [0.1, 0.15) is 35.6 Å². The van der Waals surface area contributed by atoms with Crippen molar-refractivity contribution in [3.63, 3.8) is 0 Å². The van der Waals surface area contributed by atoms with Crippen LogP contribution in [-0.4, -0.2) is 0 Å². The number of benzene rings is 2. The van der Waals surface area contributed by atoms with E-state index in [1.165, 1.54) is 24.5 Å². The normalized spacial score (nSPS) is 16.1. The molecule has 1 atom stereocenters. The van der Waals surface area contributed by atoms with Crippen molar-refractivity contribution in [1.29, 1.82) is 0 Å². The van der Waals surface area contributed by atoms with Crippen LogP contribution in [-0.2, 0) is 6.54 Å². The summed E-state index contributed by atoms with van der Waals surface area (Å²) < 4.78 is 13.3. The molecule has 0 amide bonds. The Labute approximate surface area is 119 Å². The molecular weight excluding hydrogens is 249 g/mol. The number of nitrogens with one attached hydrogen (secondary N) is 1. The minimum Gasteiger partial charge on any atom is -0.306 e. The summed E-state index contributed by atoms with van der Waals surface area (Å²) in [7, 11) is 0. The van der Waals surface area contributed by atoms with Gasteiger partial charge in [0.25, 0.3) is 0 Å². The third-order valence-corrected chi connectivity index (χ3v) is 4.08. The summed E-state index contributed by atoms with van der Waals surface area (Å²) in [5.41, 5.74) is 3.53. The monoisotopic (exact) mass is 269 g/mol. The Balaban J connectivity index is 1.73. The molecule has 0 saturated heterocycles. The molecule has 1 unspecified atom stereocenters. The second-order valence-corrected chi connectivity index (χ2v) is 5.68. The molecule has 2 aromatic carbocycles. The van der Waals surface area contributed by atoms with Crippen LogP contribution >= 0.6 is 0 Å². The summed E-state index contributed by atoms with van der Waals surface area (Å²) >= 11 is 0. The highest BCUT2D eigenvalue weighted by atomic mass is 19.1. The molecule has 104 valence electrons. The quantitative estimate of drug-likeness (QED) is 0.849. The summed E-state index contributed by atoms with van der Waals surface area (Å²) in [4.78, 5) is 0. The third kappa shape index (κ3) is 3.07. The first-order valence-corrected chi connectivity index (χ1v) is 7.27. The molecule has 1 N–H and O–H groups in total. The van der Waals surface area contributed by atoms with Crippen molar-refractivity contribution >= 4 is 0 Å². The zero-order valence-corrected chi connectivity index (χ0v) is 11.8. The smallest absolute Gasteiger partial charge is 0.123 e. The van der Waals surface area contributed by atoms with E-state index in [0.29, 0.717) is 6.04 Å². The van der Waals surface area contributed by atoms with Gasteiger partial charge in [0.15, 0.2) is 0 Å². The van der Waals surface area contributed by atoms with Gasteiger partial charge in [0.05, 0.1) is 0 Å². The van der Waals surface area contributed by atoms with Gasteiger partial charge in [-0.15, -0.1) is 0 Å². The van der Waals surface area contributed by atoms with Crippen LogP contribution in [0.5, 0.6) is 0 Å². The number of rotatable bonds is 5. The van der Waals surface area contributed by atoms with Gasteiger partial charge in [0.1, 0.15) is 5.82 Å². The van der Waals surface area contributed by atoms with Crippen LogP contribution < -0.4 is 5.32 Å². The van der Waals surface area contributed by atoms with Crippen LogP contribution in [0.2, 0.25) is 0 Å². The van der Waals surface area contributed by atoms with E-state index in [9.17, 15) is 4.39 Å². The fourth-order valence-corrected chi connectivity index (χ4v) is 2.70. The fraction of sp³-hybridized carbons (Fsp3) is 0.333. The number of hydrogen-bond acceptors (Lipinski definition) is 1. The average molecular weight is 269 g/mol. The van der Waals surface area contributed by atoms with Crippen molar-refractivity contribution in [2.24, 2.45) is 5.92 Å². The van der Waals surface area contributed by atoms with Gasteiger partial charge in [-0.25, -0.2) is 4.39 Å². The maximum absolute atomic E-state index is 13.3. The molecule has 0 radical (unpaired) electrons. The Morgan fingerprint density at radius 1 is 1.15 bits per heavy atom. The summed E-state index contributed by atoms with van der Waals surface area (Å²) in [5, 5.41) is 3.62. The first-order valence-electron chi connectivity index (χ1n) is 7.27. The number of aryl methyl sites for hydroxylation is 1. The molecule has 0 spiro atoms. The van der Waals surface area contributed by atoms with Crippen LogP contribution in [0.3, 0.4) is 0 Å². The van der Waals surface area contributed by atoms with E-state index in [2.05, 4.69) is 29.6 Å². The minimum absolute atomic E-state index is 0.157. The lowest BCUT2D eigenvalue weighted by atomic mass is 10.0. The van der Waals surface area contributed by atoms with E-state index < -0.39 is 0 Å². The van der Waals surface area contributed by atoms with Gasteiger partial charge in [0, 0.05) is 12.6 Å². The van der Waals surface area contributed by atoms with E-state index in [1.807, 2.05) is 19.1 Å².